The van der Waals surface area contributed by atoms with Gasteiger partial charge < -0.3 is 0 Å². The van der Waals surface area contributed by atoms with Gasteiger partial charge in [0.2, 0.25) is 0 Å². The van der Waals surface area contributed by atoms with E-state index in [1.54, 1.807) is 15.9 Å². The summed E-state index contributed by atoms with van der Waals surface area (Å²) in [5.41, 5.74) is 1.58. The summed E-state index contributed by atoms with van der Waals surface area (Å²) in [6, 6.07) is 25.3. The predicted octanol–water partition coefficient (Wildman–Crippen LogP) is 1.02. The van der Waals surface area contributed by atoms with Crippen molar-refractivity contribution in [2.75, 3.05) is 0 Å². The largest absolute Gasteiger partial charge is 1.00 e. The molecule has 0 aliphatic carbocycles. The van der Waals surface area contributed by atoms with E-state index in [1.165, 1.54) is 53.6 Å². The van der Waals surface area contributed by atoms with E-state index in [0.29, 0.717) is 0 Å². The van der Waals surface area contributed by atoms with Crippen LogP contribution < -0.4 is 48.1 Å². The summed E-state index contributed by atoms with van der Waals surface area (Å²) in [6.45, 7) is 9.74. The Kier molecular flexibility index (Phi) is 9.58. The number of benzene rings is 2. The molecule has 1 atom stereocenters. The number of hydrogen-bond donors (Lipinski definition) is 0. The topological polar surface area (TPSA) is 0 Å². The van der Waals surface area contributed by atoms with Gasteiger partial charge in [-0.05, 0) is 5.92 Å². The van der Waals surface area contributed by atoms with Crippen LogP contribution in [0.3, 0.4) is 0 Å². The molecule has 0 aliphatic heterocycles. The van der Waals surface area contributed by atoms with Crippen LogP contribution in [0.5, 0.6) is 0 Å². The van der Waals surface area contributed by atoms with Gasteiger partial charge in [-0.15, -0.1) is 74.4 Å². The van der Waals surface area contributed by atoms with Crippen molar-refractivity contribution in [1.29, 1.82) is 0 Å². The third kappa shape index (κ3) is 5.19. The van der Waals surface area contributed by atoms with E-state index >= 15 is 0 Å². The molecular formula is C28H34Li2Si. The molecule has 0 fully saturated rings. The first-order valence-corrected chi connectivity index (χ1v) is 14.4. The summed E-state index contributed by atoms with van der Waals surface area (Å²) in [6.07, 6.45) is 6.51. The zero-order valence-corrected chi connectivity index (χ0v) is 21.5. The van der Waals surface area contributed by atoms with Crippen molar-refractivity contribution in [2.24, 2.45) is 5.92 Å². The maximum Gasteiger partial charge on any atom is 1.00 e. The van der Waals surface area contributed by atoms with Gasteiger partial charge in [-0.25, -0.2) is 0 Å². The van der Waals surface area contributed by atoms with Crippen LogP contribution in [-0.4, -0.2) is 8.07 Å². The first kappa shape index (κ1) is 26.3. The molecular weight excluding hydrogens is 378 g/mol. The van der Waals surface area contributed by atoms with Crippen molar-refractivity contribution in [2.45, 2.75) is 59.0 Å². The molecule has 0 aliphatic rings. The van der Waals surface area contributed by atoms with Crippen LogP contribution in [0.25, 0.3) is 21.5 Å². The number of fused-ring (bicyclic) bond motifs is 2. The minimum atomic E-state index is -1.80. The maximum absolute atomic E-state index is 2.59. The molecule has 0 heterocycles. The van der Waals surface area contributed by atoms with E-state index in [-0.39, 0.29) is 37.7 Å². The minimum absolute atomic E-state index is 0. The molecule has 0 amide bonds. The summed E-state index contributed by atoms with van der Waals surface area (Å²) < 4.78 is 0. The fourth-order valence-corrected chi connectivity index (χ4v) is 8.23. The second kappa shape index (κ2) is 11.3. The van der Waals surface area contributed by atoms with Crippen LogP contribution in [0.1, 0.15) is 45.1 Å². The second-order valence-corrected chi connectivity index (χ2v) is 13.5. The van der Waals surface area contributed by atoms with Gasteiger partial charge in [-0.1, -0.05) is 71.2 Å². The summed E-state index contributed by atoms with van der Waals surface area (Å²) in [4.78, 5) is 0. The Hall–Kier alpha value is -0.928. The summed E-state index contributed by atoms with van der Waals surface area (Å²) >= 11 is 0. The minimum Gasteiger partial charge on any atom is -0.168 e. The third-order valence-electron chi connectivity index (χ3n) is 6.96. The van der Waals surface area contributed by atoms with Crippen molar-refractivity contribution in [1.82, 2.24) is 0 Å². The summed E-state index contributed by atoms with van der Waals surface area (Å²) in [7, 11) is -1.80. The van der Waals surface area contributed by atoms with Gasteiger partial charge in [0.1, 0.15) is 0 Å². The van der Waals surface area contributed by atoms with Crippen molar-refractivity contribution < 1.29 is 37.7 Å². The molecule has 152 valence electrons. The van der Waals surface area contributed by atoms with Gasteiger partial charge in [0.25, 0.3) is 0 Å². The SMILES string of the molecule is CCCCC(CC)Cc1c[c-]([Si](C)(C)[c-]2ccc3ccccc32)c2ccccc12.[Li+].[Li+]. The van der Waals surface area contributed by atoms with Crippen LogP contribution in [0, 0.1) is 5.92 Å². The Morgan fingerprint density at radius 2 is 1.52 bits per heavy atom. The van der Waals surface area contributed by atoms with Gasteiger partial charge in [0.05, 0.1) is 0 Å². The molecule has 3 heteroatoms. The summed E-state index contributed by atoms with van der Waals surface area (Å²) in [5, 5.41) is 9.01. The van der Waals surface area contributed by atoms with Crippen LogP contribution in [0.15, 0.2) is 66.7 Å². The molecule has 4 aromatic rings. The molecule has 0 radical (unpaired) electrons. The second-order valence-electron chi connectivity index (χ2n) is 9.21. The molecule has 31 heavy (non-hydrogen) atoms. The molecule has 1 unspecified atom stereocenters. The van der Waals surface area contributed by atoms with Crippen LogP contribution in [-0.2, 0) is 6.42 Å². The average Bonchev–Trinajstić information content (AvgIpc) is 3.34. The molecule has 4 aromatic carbocycles. The van der Waals surface area contributed by atoms with Crippen molar-refractivity contribution >= 4 is 40.0 Å². The quantitative estimate of drug-likeness (QED) is 0.300. The van der Waals surface area contributed by atoms with Crippen molar-refractivity contribution in [3.05, 3.63) is 72.3 Å². The van der Waals surface area contributed by atoms with E-state index in [1.807, 2.05) is 0 Å². The van der Waals surface area contributed by atoms with Gasteiger partial charge >= 0.3 is 37.7 Å². The molecule has 0 spiro atoms. The summed E-state index contributed by atoms with van der Waals surface area (Å²) in [5.74, 6) is 0.804. The van der Waals surface area contributed by atoms with E-state index in [0.717, 1.165) is 5.92 Å². The predicted molar refractivity (Wildman–Crippen MR) is 133 cm³/mol. The molecule has 0 saturated heterocycles. The molecule has 0 N–H and O–H groups in total. The first-order chi connectivity index (χ1) is 14.1. The molecule has 0 nitrogen and oxygen atoms in total. The van der Waals surface area contributed by atoms with Crippen molar-refractivity contribution in [3.63, 3.8) is 0 Å². The van der Waals surface area contributed by atoms with Crippen LogP contribution in [0.2, 0.25) is 13.1 Å². The Balaban J connectivity index is 0.00000171. The van der Waals surface area contributed by atoms with E-state index < -0.39 is 8.07 Å². The van der Waals surface area contributed by atoms with Gasteiger partial charge in [-0.3, -0.25) is 0 Å². The van der Waals surface area contributed by atoms with E-state index in [2.05, 4.69) is 93.7 Å². The average molecular weight is 413 g/mol. The zero-order valence-electron chi connectivity index (χ0n) is 20.5. The Bertz CT molecular complexity index is 1100. The first-order valence-electron chi connectivity index (χ1n) is 11.4. The maximum atomic E-state index is 2.59. The Morgan fingerprint density at radius 3 is 2.23 bits per heavy atom. The molecule has 0 saturated carbocycles. The van der Waals surface area contributed by atoms with Crippen LogP contribution in [0.4, 0.5) is 0 Å². The Labute approximate surface area is 213 Å². The van der Waals surface area contributed by atoms with Gasteiger partial charge in [0, 0.05) is 8.07 Å². The third-order valence-corrected chi connectivity index (χ3v) is 10.5. The molecule has 0 bridgehead atoms. The Morgan fingerprint density at radius 1 is 0.839 bits per heavy atom. The van der Waals surface area contributed by atoms with Crippen LogP contribution >= 0.6 is 0 Å². The number of hydrogen-bond acceptors (Lipinski definition) is 0. The van der Waals surface area contributed by atoms with Crippen molar-refractivity contribution in [3.8, 4) is 0 Å². The van der Waals surface area contributed by atoms with E-state index in [9.17, 15) is 0 Å². The smallest absolute Gasteiger partial charge is 0.168 e. The fourth-order valence-electron chi connectivity index (χ4n) is 5.11. The van der Waals surface area contributed by atoms with E-state index in [4.69, 9.17) is 0 Å². The van der Waals surface area contributed by atoms with Gasteiger partial charge in [0.15, 0.2) is 0 Å². The monoisotopic (exact) mass is 412 g/mol. The number of unbranched alkanes of at least 4 members (excludes halogenated alkanes) is 1. The van der Waals surface area contributed by atoms with Gasteiger partial charge in [-0.2, -0.15) is 17.7 Å². The number of rotatable bonds is 8. The molecule has 4 rings (SSSR count). The normalized spacial score (nSPS) is 12.5. The standard InChI is InChI=1S/C28H34Si.2Li/c1-5-7-12-21(6-2)19-23-20-28(26-16-11-10-14-24(23)26)29(3,4)27-18-17-22-13-8-9-15-25(22)27;;/h8-11,13-18,20-21H,5-7,12,19H2,1-4H3;;/q-2;2*+1. The fraction of sp³-hybridized carbons (Fsp3) is 0.357. The zero-order chi connectivity index (χ0) is 20.4. The molecule has 0 aromatic heterocycles.